The van der Waals surface area contributed by atoms with Gasteiger partial charge in [0.1, 0.15) is 0 Å². The van der Waals surface area contributed by atoms with Gasteiger partial charge in [0, 0.05) is 7.05 Å². The molecule has 0 aliphatic heterocycles. The number of aryl methyl sites for hydroxylation is 1. The van der Waals surface area contributed by atoms with Gasteiger partial charge in [-0.1, -0.05) is 11.6 Å². The highest BCUT2D eigenvalue weighted by atomic mass is 35.5. The van der Waals surface area contributed by atoms with Crippen molar-refractivity contribution in [2.24, 2.45) is 7.05 Å². The van der Waals surface area contributed by atoms with Gasteiger partial charge in [-0.3, -0.25) is 0 Å². The highest BCUT2D eigenvalue weighted by molar-refractivity contribution is 6.30. The van der Waals surface area contributed by atoms with Crippen molar-refractivity contribution < 1.29 is 5.11 Å². The van der Waals surface area contributed by atoms with Crippen molar-refractivity contribution in [2.45, 2.75) is 0 Å². The fourth-order valence-corrected chi connectivity index (χ4v) is 0.572. The topological polar surface area (TPSA) is 38.0 Å². The van der Waals surface area contributed by atoms with Gasteiger partial charge in [-0.2, -0.15) is 0 Å². The number of aromatic hydroxyl groups is 1. The average molecular weight is 133 g/mol. The van der Waals surface area contributed by atoms with Crippen molar-refractivity contribution in [2.75, 3.05) is 0 Å². The summed E-state index contributed by atoms with van der Waals surface area (Å²) in [6, 6.07) is 0. The number of hydrogen-bond donors (Lipinski definition) is 1. The third kappa shape index (κ3) is 0.648. The summed E-state index contributed by atoms with van der Waals surface area (Å²) in [5.41, 5.74) is 0. The summed E-state index contributed by atoms with van der Waals surface area (Å²) in [5, 5.41) is 8.96. The molecule has 44 valence electrons. The zero-order valence-corrected chi connectivity index (χ0v) is 5.05. The molecule has 1 N–H and O–H groups in total. The van der Waals surface area contributed by atoms with Crippen molar-refractivity contribution in [3.63, 3.8) is 0 Å². The number of rotatable bonds is 0. The number of halogens is 1. The third-order valence-electron chi connectivity index (χ3n) is 0.863. The van der Waals surface area contributed by atoms with Crippen LogP contribution in [0.5, 0.6) is 5.88 Å². The molecule has 8 heavy (non-hydrogen) atoms. The summed E-state index contributed by atoms with van der Waals surface area (Å²) < 4.78 is 1.43. The zero-order valence-electron chi connectivity index (χ0n) is 4.30. The Hall–Kier alpha value is -0.700. The number of nitrogens with zero attached hydrogens (tertiary/aromatic N) is 2. The van der Waals surface area contributed by atoms with Gasteiger partial charge in [-0.25, -0.2) is 4.98 Å². The maximum atomic E-state index is 8.81. The van der Waals surface area contributed by atoms with E-state index in [1.54, 1.807) is 7.05 Å². The molecule has 0 radical (unpaired) electrons. The van der Waals surface area contributed by atoms with Crippen LogP contribution in [0.15, 0.2) is 6.33 Å². The lowest BCUT2D eigenvalue weighted by molar-refractivity contribution is 0.432. The summed E-state index contributed by atoms with van der Waals surface area (Å²) >= 11 is 5.35. The van der Waals surface area contributed by atoms with Gasteiger partial charge in [0.25, 0.3) is 0 Å². The molecule has 0 spiro atoms. The summed E-state index contributed by atoms with van der Waals surface area (Å²) in [6.45, 7) is 0. The van der Waals surface area contributed by atoms with Gasteiger partial charge in [0.05, 0.1) is 6.33 Å². The highest BCUT2D eigenvalue weighted by Gasteiger charge is 2.00. The van der Waals surface area contributed by atoms with E-state index in [2.05, 4.69) is 4.98 Å². The van der Waals surface area contributed by atoms with E-state index < -0.39 is 0 Å². The zero-order chi connectivity index (χ0) is 6.15. The van der Waals surface area contributed by atoms with Crippen LogP contribution in [0, 0.1) is 0 Å². The molecule has 0 aliphatic carbocycles. The first-order valence-electron chi connectivity index (χ1n) is 2.07. The Morgan fingerprint density at radius 3 is 2.62 bits per heavy atom. The van der Waals surface area contributed by atoms with Crippen LogP contribution in [-0.2, 0) is 7.05 Å². The molecule has 1 aromatic rings. The fourth-order valence-electron chi connectivity index (χ4n) is 0.395. The van der Waals surface area contributed by atoms with Crippen LogP contribution in [0.3, 0.4) is 0 Å². The Labute approximate surface area is 51.5 Å². The number of imidazole rings is 1. The molecule has 1 rings (SSSR count). The van der Waals surface area contributed by atoms with Crippen LogP contribution in [-0.4, -0.2) is 14.7 Å². The predicted molar refractivity (Wildman–Crippen MR) is 29.9 cm³/mol. The second kappa shape index (κ2) is 1.67. The monoisotopic (exact) mass is 132 g/mol. The molecule has 0 aliphatic rings. The van der Waals surface area contributed by atoms with Crippen LogP contribution in [0.4, 0.5) is 0 Å². The largest absolute Gasteiger partial charge is 0.492 e. The molecular weight excluding hydrogens is 128 g/mol. The first kappa shape index (κ1) is 5.44. The van der Waals surface area contributed by atoms with Crippen molar-refractivity contribution in [1.29, 1.82) is 0 Å². The molecule has 1 aromatic heterocycles. The molecule has 1 heterocycles. The second-order valence-corrected chi connectivity index (χ2v) is 1.83. The molecule has 0 amide bonds. The van der Waals surface area contributed by atoms with E-state index in [1.165, 1.54) is 10.9 Å². The van der Waals surface area contributed by atoms with Crippen LogP contribution in [0.2, 0.25) is 5.15 Å². The molecule has 4 heteroatoms. The summed E-state index contributed by atoms with van der Waals surface area (Å²) in [4.78, 5) is 3.59. The van der Waals surface area contributed by atoms with Crippen molar-refractivity contribution >= 4 is 11.6 Å². The lowest BCUT2D eigenvalue weighted by Crippen LogP contribution is -1.80. The Morgan fingerprint density at radius 2 is 2.50 bits per heavy atom. The quantitative estimate of drug-likeness (QED) is 0.567. The molecule has 0 saturated heterocycles. The Balaban J connectivity index is 3.19. The summed E-state index contributed by atoms with van der Waals surface area (Å²) in [7, 11) is 1.66. The maximum Gasteiger partial charge on any atom is 0.230 e. The first-order valence-corrected chi connectivity index (χ1v) is 2.45. The van der Waals surface area contributed by atoms with E-state index in [9.17, 15) is 0 Å². The van der Waals surface area contributed by atoms with Gasteiger partial charge < -0.3 is 9.67 Å². The van der Waals surface area contributed by atoms with Crippen LogP contribution in [0.1, 0.15) is 0 Å². The van der Waals surface area contributed by atoms with Crippen LogP contribution in [0.25, 0.3) is 0 Å². The fraction of sp³-hybridized carbons (Fsp3) is 0.250. The molecule has 3 nitrogen and oxygen atoms in total. The Kier molecular flexibility index (Phi) is 1.13. The van der Waals surface area contributed by atoms with Gasteiger partial charge in [-0.05, 0) is 0 Å². The van der Waals surface area contributed by atoms with E-state index >= 15 is 0 Å². The van der Waals surface area contributed by atoms with E-state index in [-0.39, 0.29) is 11.0 Å². The minimum absolute atomic E-state index is 0.00617. The lowest BCUT2D eigenvalue weighted by Gasteiger charge is -1.88. The van der Waals surface area contributed by atoms with Crippen molar-refractivity contribution in [3.05, 3.63) is 11.5 Å². The van der Waals surface area contributed by atoms with E-state index in [4.69, 9.17) is 16.7 Å². The van der Waals surface area contributed by atoms with Gasteiger partial charge in [-0.15, -0.1) is 0 Å². The first-order chi connectivity index (χ1) is 3.72. The number of hydrogen-bond acceptors (Lipinski definition) is 2. The SMILES string of the molecule is Cn1cnc(Cl)c1O. The summed E-state index contributed by atoms with van der Waals surface area (Å²) in [5.74, 6) is 0.00617. The molecule has 0 bridgehead atoms. The summed E-state index contributed by atoms with van der Waals surface area (Å²) in [6.07, 6.45) is 1.44. The van der Waals surface area contributed by atoms with Gasteiger partial charge >= 0.3 is 0 Å². The molecule has 0 aromatic carbocycles. The molecule has 0 atom stereocenters. The Morgan fingerprint density at radius 1 is 1.88 bits per heavy atom. The molecular formula is C4H5ClN2O. The molecule has 0 fully saturated rings. The van der Waals surface area contributed by atoms with E-state index in [0.29, 0.717) is 0 Å². The Bertz CT molecular complexity index is 176. The van der Waals surface area contributed by atoms with Crippen molar-refractivity contribution in [1.82, 2.24) is 9.55 Å². The highest BCUT2D eigenvalue weighted by Crippen LogP contribution is 2.17. The standard InChI is InChI=1S/C4H5ClN2O/c1-7-2-6-3(5)4(7)8/h2,8H,1H3. The average Bonchev–Trinajstić information content (AvgIpc) is 1.98. The second-order valence-electron chi connectivity index (χ2n) is 1.47. The minimum atomic E-state index is 0.00617. The van der Waals surface area contributed by atoms with Crippen molar-refractivity contribution in [3.8, 4) is 5.88 Å². The minimum Gasteiger partial charge on any atom is -0.492 e. The maximum absolute atomic E-state index is 8.81. The molecule has 0 unspecified atom stereocenters. The van der Waals surface area contributed by atoms with E-state index in [0.717, 1.165) is 0 Å². The van der Waals surface area contributed by atoms with Gasteiger partial charge in [0.2, 0.25) is 5.88 Å². The van der Waals surface area contributed by atoms with Crippen LogP contribution < -0.4 is 0 Å². The van der Waals surface area contributed by atoms with Crippen LogP contribution >= 0.6 is 11.6 Å². The third-order valence-corrected chi connectivity index (χ3v) is 1.13. The van der Waals surface area contributed by atoms with E-state index in [1.807, 2.05) is 0 Å². The number of aromatic nitrogens is 2. The normalized spacial score (nSPS) is 9.75. The molecule has 0 saturated carbocycles. The van der Waals surface area contributed by atoms with Gasteiger partial charge in [0.15, 0.2) is 5.15 Å². The smallest absolute Gasteiger partial charge is 0.230 e. The predicted octanol–water partition coefficient (Wildman–Crippen LogP) is 0.779. The lowest BCUT2D eigenvalue weighted by atomic mass is 10.8.